The van der Waals surface area contributed by atoms with Crippen molar-refractivity contribution in [2.75, 3.05) is 12.3 Å². The molecule has 2 aromatic carbocycles. The van der Waals surface area contributed by atoms with E-state index < -0.39 is 0 Å². The van der Waals surface area contributed by atoms with Crippen LogP contribution in [0.3, 0.4) is 0 Å². The van der Waals surface area contributed by atoms with E-state index in [1.165, 1.54) is 0 Å². The van der Waals surface area contributed by atoms with E-state index in [1.807, 2.05) is 61.2 Å². The summed E-state index contributed by atoms with van der Waals surface area (Å²) in [5.41, 5.74) is 9.27. The second-order valence-electron chi connectivity index (χ2n) is 5.02. The lowest BCUT2D eigenvalue weighted by atomic mass is 10.1. The molecule has 0 bridgehead atoms. The highest BCUT2D eigenvalue weighted by Crippen LogP contribution is 2.19. The van der Waals surface area contributed by atoms with Crippen LogP contribution < -0.4 is 5.73 Å². The Morgan fingerprint density at radius 3 is 2.43 bits per heavy atom. The van der Waals surface area contributed by atoms with Crippen LogP contribution >= 0.6 is 15.9 Å². The zero-order valence-corrected chi connectivity index (χ0v) is 13.9. The third kappa shape index (κ3) is 3.85. The van der Waals surface area contributed by atoms with E-state index in [-0.39, 0.29) is 5.91 Å². The lowest BCUT2D eigenvalue weighted by molar-refractivity contribution is 0.0752. The first-order valence-electron chi connectivity index (χ1n) is 6.91. The number of hydrogen-bond donors (Lipinski definition) is 1. The number of nitrogens with two attached hydrogens (primary N) is 1. The molecule has 0 aliphatic heterocycles. The lowest BCUT2D eigenvalue weighted by Crippen LogP contribution is -2.30. The third-order valence-corrected chi connectivity index (χ3v) is 4.32. The second kappa shape index (κ2) is 6.76. The maximum absolute atomic E-state index is 12.6. The van der Waals surface area contributed by atoms with Gasteiger partial charge in [0, 0.05) is 28.8 Å². The zero-order chi connectivity index (χ0) is 15.4. The van der Waals surface area contributed by atoms with Gasteiger partial charge in [-0.25, -0.2) is 0 Å². The normalized spacial score (nSPS) is 10.4. The second-order valence-corrected chi connectivity index (χ2v) is 5.88. The predicted molar refractivity (Wildman–Crippen MR) is 90.1 cm³/mol. The Bertz CT molecular complexity index is 638. The van der Waals surface area contributed by atoms with Crippen molar-refractivity contribution in [3.8, 4) is 0 Å². The predicted octanol–water partition coefficient (Wildman–Crippen LogP) is 4.00. The Kier molecular flexibility index (Phi) is 5.02. The summed E-state index contributed by atoms with van der Waals surface area (Å²) in [5.74, 6) is 0.0462. The molecule has 1 amide bonds. The minimum absolute atomic E-state index is 0.0462. The molecule has 3 nitrogen and oxygen atoms in total. The summed E-state index contributed by atoms with van der Waals surface area (Å²) in [6, 6.07) is 13.3. The molecule has 0 atom stereocenters. The number of nitrogens with zero attached hydrogens (tertiary/aromatic N) is 1. The Morgan fingerprint density at radius 2 is 1.86 bits per heavy atom. The molecular weight excluding hydrogens is 328 g/mol. The maximum atomic E-state index is 12.6. The largest absolute Gasteiger partial charge is 0.399 e. The number of halogens is 1. The van der Waals surface area contributed by atoms with Crippen molar-refractivity contribution in [2.24, 2.45) is 0 Å². The zero-order valence-electron chi connectivity index (χ0n) is 12.3. The van der Waals surface area contributed by atoms with Gasteiger partial charge in [0.15, 0.2) is 0 Å². The molecule has 0 saturated heterocycles. The minimum atomic E-state index is 0.0462. The van der Waals surface area contributed by atoms with Gasteiger partial charge < -0.3 is 10.6 Å². The molecular formula is C17H19BrN2O. The number of benzene rings is 2. The minimum Gasteiger partial charge on any atom is -0.399 e. The monoisotopic (exact) mass is 346 g/mol. The van der Waals surface area contributed by atoms with Crippen LogP contribution in [0.2, 0.25) is 0 Å². The van der Waals surface area contributed by atoms with Crippen LogP contribution in [0.4, 0.5) is 5.69 Å². The van der Waals surface area contributed by atoms with Crippen LogP contribution in [0, 0.1) is 6.92 Å². The topological polar surface area (TPSA) is 46.3 Å². The van der Waals surface area contributed by atoms with Gasteiger partial charge >= 0.3 is 0 Å². The van der Waals surface area contributed by atoms with E-state index in [1.54, 1.807) is 0 Å². The summed E-state index contributed by atoms with van der Waals surface area (Å²) in [5, 5.41) is 0. The molecule has 0 aliphatic rings. The van der Waals surface area contributed by atoms with Gasteiger partial charge in [-0.15, -0.1) is 0 Å². The first-order chi connectivity index (χ1) is 10.0. The standard InChI is InChI=1S/C17H19BrN2O/c1-3-20(11-13-4-7-15(19)8-5-13)17(21)14-6-9-16(18)12(2)10-14/h4-10H,3,11,19H2,1-2H3. The van der Waals surface area contributed by atoms with E-state index in [0.717, 1.165) is 21.3 Å². The van der Waals surface area contributed by atoms with Crippen molar-refractivity contribution in [3.05, 3.63) is 63.6 Å². The highest BCUT2D eigenvalue weighted by molar-refractivity contribution is 9.10. The molecule has 2 aromatic rings. The smallest absolute Gasteiger partial charge is 0.254 e. The molecule has 21 heavy (non-hydrogen) atoms. The first-order valence-corrected chi connectivity index (χ1v) is 7.70. The Labute approximate surface area is 133 Å². The molecule has 0 spiro atoms. The first kappa shape index (κ1) is 15.6. The summed E-state index contributed by atoms with van der Waals surface area (Å²) in [6.45, 7) is 5.22. The highest BCUT2D eigenvalue weighted by Gasteiger charge is 2.15. The number of carbonyl (C=O) groups excluding carboxylic acids is 1. The number of nitrogen functional groups attached to an aromatic ring is 1. The van der Waals surface area contributed by atoms with E-state index >= 15 is 0 Å². The van der Waals surface area contributed by atoms with Crippen LogP contribution in [-0.4, -0.2) is 17.4 Å². The van der Waals surface area contributed by atoms with Crippen LogP contribution in [0.5, 0.6) is 0 Å². The molecule has 0 aromatic heterocycles. The van der Waals surface area contributed by atoms with Gasteiger partial charge in [0.2, 0.25) is 0 Å². The van der Waals surface area contributed by atoms with Crippen molar-refractivity contribution in [1.82, 2.24) is 4.90 Å². The average molecular weight is 347 g/mol. The van der Waals surface area contributed by atoms with Gasteiger partial charge in [0.05, 0.1) is 0 Å². The number of anilines is 1. The van der Waals surface area contributed by atoms with Crippen LogP contribution in [0.25, 0.3) is 0 Å². The fraction of sp³-hybridized carbons (Fsp3) is 0.235. The molecule has 110 valence electrons. The summed E-state index contributed by atoms with van der Waals surface area (Å²) >= 11 is 3.46. The number of aryl methyl sites for hydroxylation is 1. The highest BCUT2D eigenvalue weighted by atomic mass is 79.9. The summed E-state index contributed by atoms with van der Waals surface area (Å²) < 4.78 is 1.01. The molecule has 2 N–H and O–H groups in total. The number of rotatable bonds is 4. The number of amides is 1. The Hall–Kier alpha value is -1.81. The van der Waals surface area contributed by atoms with E-state index in [9.17, 15) is 4.79 Å². The molecule has 0 heterocycles. The van der Waals surface area contributed by atoms with E-state index in [2.05, 4.69) is 15.9 Å². The van der Waals surface area contributed by atoms with Crippen molar-refractivity contribution in [1.29, 1.82) is 0 Å². The average Bonchev–Trinajstić information content (AvgIpc) is 2.49. The fourth-order valence-electron chi connectivity index (χ4n) is 2.13. The molecule has 2 rings (SSSR count). The molecule has 0 unspecified atom stereocenters. The van der Waals surface area contributed by atoms with Gasteiger partial charge in [-0.2, -0.15) is 0 Å². The van der Waals surface area contributed by atoms with Gasteiger partial charge in [-0.1, -0.05) is 28.1 Å². The number of carbonyl (C=O) groups is 1. The van der Waals surface area contributed by atoms with Gasteiger partial charge in [0.1, 0.15) is 0 Å². The van der Waals surface area contributed by atoms with Gasteiger partial charge in [0.25, 0.3) is 5.91 Å². The molecule has 4 heteroatoms. The van der Waals surface area contributed by atoms with Crippen LogP contribution in [0.1, 0.15) is 28.4 Å². The lowest BCUT2D eigenvalue weighted by Gasteiger charge is -2.21. The van der Waals surface area contributed by atoms with Crippen molar-refractivity contribution in [3.63, 3.8) is 0 Å². The molecule has 0 aliphatic carbocycles. The van der Waals surface area contributed by atoms with Crippen molar-refractivity contribution in [2.45, 2.75) is 20.4 Å². The van der Waals surface area contributed by atoms with Crippen molar-refractivity contribution >= 4 is 27.5 Å². The molecule has 0 saturated carbocycles. The number of hydrogen-bond acceptors (Lipinski definition) is 2. The fourth-order valence-corrected chi connectivity index (χ4v) is 2.38. The summed E-state index contributed by atoms with van der Waals surface area (Å²) in [4.78, 5) is 14.4. The van der Waals surface area contributed by atoms with Crippen LogP contribution in [0.15, 0.2) is 46.9 Å². The maximum Gasteiger partial charge on any atom is 0.254 e. The Morgan fingerprint density at radius 1 is 1.19 bits per heavy atom. The molecule has 0 fully saturated rings. The summed E-state index contributed by atoms with van der Waals surface area (Å²) in [7, 11) is 0. The molecule has 0 radical (unpaired) electrons. The quantitative estimate of drug-likeness (QED) is 0.850. The van der Waals surface area contributed by atoms with Crippen LogP contribution in [-0.2, 0) is 6.54 Å². The van der Waals surface area contributed by atoms with Crippen molar-refractivity contribution < 1.29 is 4.79 Å². The third-order valence-electron chi connectivity index (χ3n) is 3.43. The van der Waals surface area contributed by atoms with Gasteiger partial charge in [-0.3, -0.25) is 4.79 Å². The van der Waals surface area contributed by atoms with E-state index in [4.69, 9.17) is 5.73 Å². The van der Waals surface area contributed by atoms with Gasteiger partial charge in [-0.05, 0) is 55.3 Å². The summed E-state index contributed by atoms with van der Waals surface area (Å²) in [6.07, 6.45) is 0. The van der Waals surface area contributed by atoms with E-state index in [0.29, 0.717) is 18.7 Å². The Balaban J connectivity index is 2.18. The SMILES string of the molecule is CCN(Cc1ccc(N)cc1)C(=O)c1ccc(Br)c(C)c1.